The summed E-state index contributed by atoms with van der Waals surface area (Å²) in [5, 5.41) is 17.6. The van der Waals surface area contributed by atoms with Gasteiger partial charge < -0.3 is 4.90 Å². The lowest BCUT2D eigenvalue weighted by Crippen LogP contribution is -2.48. The van der Waals surface area contributed by atoms with Crippen LogP contribution in [0, 0.1) is 20.8 Å². The molecule has 4 heterocycles. The van der Waals surface area contributed by atoms with Gasteiger partial charge in [-0.05, 0) is 74.8 Å². The molecule has 0 N–H and O–H groups in total. The molecule has 0 radical (unpaired) electrons. The number of amides is 1. The zero-order valence-corrected chi connectivity index (χ0v) is 21.9. The van der Waals surface area contributed by atoms with Crippen molar-refractivity contribution in [3.05, 3.63) is 70.3 Å². The van der Waals surface area contributed by atoms with E-state index in [1.807, 2.05) is 42.5 Å². The molecule has 192 valence electrons. The molecule has 1 saturated heterocycles. The van der Waals surface area contributed by atoms with Gasteiger partial charge in [0.15, 0.2) is 17.3 Å². The highest BCUT2D eigenvalue weighted by molar-refractivity contribution is 5.76. The van der Waals surface area contributed by atoms with Crippen molar-refractivity contribution in [2.45, 2.75) is 58.9 Å². The maximum absolute atomic E-state index is 13.1. The highest BCUT2D eigenvalue weighted by Gasteiger charge is 2.27. The zero-order chi connectivity index (χ0) is 25.5. The van der Waals surface area contributed by atoms with Crippen LogP contribution in [0.1, 0.15) is 59.1 Å². The number of aromatic nitrogens is 6. The number of benzene rings is 1. The standard InChI is InChI=1S/C28H34N8O/c1-19-24(20(2)35(31-19)27-12-11-26-30-29-21(3)36(26)32-27)10-13-28(37)34-16-14-33(15-17-34)18-23-6-4-5-7-25(23)22-8-9-22/h4-7,11-12,22H,8-10,13-18H2,1-3H3. The van der Waals surface area contributed by atoms with Crippen molar-refractivity contribution in [3.8, 4) is 5.82 Å². The Kier molecular flexibility index (Phi) is 6.24. The second-order valence-corrected chi connectivity index (χ2v) is 10.4. The third-order valence-corrected chi connectivity index (χ3v) is 7.84. The van der Waals surface area contributed by atoms with Gasteiger partial charge in [0, 0.05) is 44.8 Å². The summed E-state index contributed by atoms with van der Waals surface area (Å²) in [4.78, 5) is 17.6. The number of rotatable bonds is 7. The Bertz CT molecular complexity index is 1440. The molecule has 2 aliphatic rings. The lowest BCUT2D eigenvalue weighted by molar-refractivity contribution is -0.133. The fourth-order valence-electron chi connectivity index (χ4n) is 5.52. The van der Waals surface area contributed by atoms with Crippen LogP contribution in [0.3, 0.4) is 0 Å². The van der Waals surface area contributed by atoms with E-state index in [2.05, 4.69) is 44.5 Å². The highest BCUT2D eigenvalue weighted by atomic mass is 16.2. The van der Waals surface area contributed by atoms with E-state index in [4.69, 9.17) is 5.10 Å². The van der Waals surface area contributed by atoms with Gasteiger partial charge in [0.2, 0.25) is 5.91 Å². The summed E-state index contributed by atoms with van der Waals surface area (Å²) >= 11 is 0. The summed E-state index contributed by atoms with van der Waals surface area (Å²) in [5.74, 6) is 2.44. The molecule has 0 spiro atoms. The van der Waals surface area contributed by atoms with E-state index in [1.165, 1.54) is 24.0 Å². The van der Waals surface area contributed by atoms with Crippen LogP contribution in [-0.2, 0) is 17.8 Å². The molecular weight excluding hydrogens is 464 g/mol. The quantitative estimate of drug-likeness (QED) is 0.388. The molecule has 3 aromatic heterocycles. The number of fused-ring (bicyclic) bond motifs is 1. The number of carbonyl (C=O) groups is 1. The molecule has 1 amide bonds. The van der Waals surface area contributed by atoms with E-state index in [-0.39, 0.29) is 5.91 Å². The summed E-state index contributed by atoms with van der Waals surface area (Å²) in [6.07, 6.45) is 3.82. The molecule has 1 aliphatic heterocycles. The van der Waals surface area contributed by atoms with Crippen molar-refractivity contribution >= 4 is 11.6 Å². The molecular formula is C28H34N8O. The normalized spacial score (nSPS) is 16.6. The van der Waals surface area contributed by atoms with Gasteiger partial charge in [-0.1, -0.05) is 24.3 Å². The summed E-state index contributed by atoms with van der Waals surface area (Å²) in [7, 11) is 0. The van der Waals surface area contributed by atoms with Gasteiger partial charge in [-0.25, -0.2) is 4.68 Å². The number of aryl methyl sites for hydroxylation is 2. The highest BCUT2D eigenvalue weighted by Crippen LogP contribution is 2.41. The van der Waals surface area contributed by atoms with Gasteiger partial charge in [-0.3, -0.25) is 9.69 Å². The minimum absolute atomic E-state index is 0.226. The average molecular weight is 499 g/mol. The maximum atomic E-state index is 13.1. The van der Waals surface area contributed by atoms with E-state index in [1.54, 1.807) is 4.52 Å². The topological polar surface area (TPSA) is 84.4 Å². The van der Waals surface area contributed by atoms with Crippen LogP contribution in [0.4, 0.5) is 0 Å². The molecule has 0 bridgehead atoms. The third kappa shape index (κ3) is 4.75. The molecule has 1 aliphatic carbocycles. The predicted octanol–water partition coefficient (Wildman–Crippen LogP) is 3.39. The first-order chi connectivity index (χ1) is 18.0. The molecule has 0 atom stereocenters. The lowest BCUT2D eigenvalue weighted by atomic mass is 10.0. The number of carbonyl (C=O) groups excluding carboxylic acids is 1. The first-order valence-electron chi connectivity index (χ1n) is 13.3. The Morgan fingerprint density at radius 2 is 1.73 bits per heavy atom. The fourth-order valence-corrected chi connectivity index (χ4v) is 5.52. The monoisotopic (exact) mass is 498 g/mol. The Balaban J connectivity index is 1.06. The fraction of sp³-hybridized carbons (Fsp3) is 0.464. The lowest BCUT2D eigenvalue weighted by Gasteiger charge is -2.35. The van der Waals surface area contributed by atoms with E-state index in [0.717, 1.165) is 61.4 Å². The maximum Gasteiger partial charge on any atom is 0.222 e. The van der Waals surface area contributed by atoms with Gasteiger partial charge in [-0.15, -0.1) is 15.3 Å². The second-order valence-electron chi connectivity index (χ2n) is 10.4. The molecule has 4 aromatic rings. The first-order valence-corrected chi connectivity index (χ1v) is 13.3. The number of hydrogen-bond acceptors (Lipinski definition) is 6. The van der Waals surface area contributed by atoms with Crippen LogP contribution in [-0.4, -0.2) is 71.5 Å². The van der Waals surface area contributed by atoms with Crippen molar-refractivity contribution in [1.29, 1.82) is 0 Å². The van der Waals surface area contributed by atoms with Crippen LogP contribution < -0.4 is 0 Å². The molecule has 9 heteroatoms. The van der Waals surface area contributed by atoms with Gasteiger partial charge in [-0.2, -0.15) is 9.61 Å². The first kappa shape index (κ1) is 23.8. The van der Waals surface area contributed by atoms with Crippen LogP contribution in [0.2, 0.25) is 0 Å². The molecule has 6 rings (SSSR count). The summed E-state index contributed by atoms with van der Waals surface area (Å²) in [6.45, 7) is 10.4. The zero-order valence-electron chi connectivity index (χ0n) is 21.9. The largest absolute Gasteiger partial charge is 0.340 e. The molecule has 9 nitrogen and oxygen atoms in total. The van der Waals surface area contributed by atoms with E-state index in [9.17, 15) is 4.79 Å². The van der Waals surface area contributed by atoms with Crippen LogP contribution in [0.25, 0.3) is 11.5 Å². The van der Waals surface area contributed by atoms with Crippen LogP contribution >= 0.6 is 0 Å². The van der Waals surface area contributed by atoms with Crippen molar-refractivity contribution in [1.82, 2.24) is 39.4 Å². The number of hydrogen-bond donors (Lipinski definition) is 0. The second kappa shape index (κ2) is 9.70. The van der Waals surface area contributed by atoms with E-state index < -0.39 is 0 Å². The Hall–Kier alpha value is -3.59. The summed E-state index contributed by atoms with van der Waals surface area (Å²) in [6, 6.07) is 12.7. The molecule has 37 heavy (non-hydrogen) atoms. The molecule has 0 unspecified atom stereocenters. The minimum Gasteiger partial charge on any atom is -0.340 e. The minimum atomic E-state index is 0.226. The Morgan fingerprint density at radius 1 is 0.946 bits per heavy atom. The van der Waals surface area contributed by atoms with Crippen molar-refractivity contribution in [2.24, 2.45) is 0 Å². The van der Waals surface area contributed by atoms with Crippen molar-refractivity contribution < 1.29 is 4.79 Å². The van der Waals surface area contributed by atoms with Crippen molar-refractivity contribution in [3.63, 3.8) is 0 Å². The average Bonchev–Trinajstić information content (AvgIpc) is 3.64. The molecule has 1 aromatic carbocycles. The molecule has 2 fully saturated rings. The van der Waals surface area contributed by atoms with Gasteiger partial charge in [0.25, 0.3) is 0 Å². The van der Waals surface area contributed by atoms with Gasteiger partial charge in [0.05, 0.1) is 5.69 Å². The SMILES string of the molecule is Cc1nn(-c2ccc3nnc(C)n3n2)c(C)c1CCC(=O)N1CCN(Cc2ccccc2C2CC2)CC1. The predicted molar refractivity (Wildman–Crippen MR) is 141 cm³/mol. The van der Waals surface area contributed by atoms with Crippen LogP contribution in [0.5, 0.6) is 0 Å². The number of nitrogens with zero attached hydrogens (tertiary/aromatic N) is 8. The number of piperazine rings is 1. The van der Waals surface area contributed by atoms with E-state index >= 15 is 0 Å². The van der Waals surface area contributed by atoms with Crippen LogP contribution in [0.15, 0.2) is 36.4 Å². The summed E-state index contributed by atoms with van der Waals surface area (Å²) in [5.41, 5.74) is 6.76. The Labute approximate surface area is 217 Å². The smallest absolute Gasteiger partial charge is 0.222 e. The Morgan fingerprint density at radius 3 is 2.51 bits per heavy atom. The third-order valence-electron chi connectivity index (χ3n) is 7.84. The van der Waals surface area contributed by atoms with E-state index in [0.29, 0.717) is 24.3 Å². The summed E-state index contributed by atoms with van der Waals surface area (Å²) < 4.78 is 3.57. The molecule has 1 saturated carbocycles. The van der Waals surface area contributed by atoms with Gasteiger partial charge in [0.1, 0.15) is 0 Å². The van der Waals surface area contributed by atoms with Gasteiger partial charge >= 0.3 is 0 Å². The van der Waals surface area contributed by atoms with Crippen molar-refractivity contribution in [2.75, 3.05) is 26.2 Å².